The summed E-state index contributed by atoms with van der Waals surface area (Å²) < 4.78 is 0. The summed E-state index contributed by atoms with van der Waals surface area (Å²) in [5.41, 5.74) is 8.38. The second kappa shape index (κ2) is 10.5. The lowest BCUT2D eigenvalue weighted by molar-refractivity contribution is -0.115. The first kappa shape index (κ1) is 23.7. The van der Waals surface area contributed by atoms with Gasteiger partial charge in [-0.05, 0) is 44.9 Å². The zero-order valence-corrected chi connectivity index (χ0v) is 19.4. The van der Waals surface area contributed by atoms with Gasteiger partial charge in [0.25, 0.3) is 5.91 Å². The summed E-state index contributed by atoms with van der Waals surface area (Å²) in [7, 11) is 0. The lowest BCUT2D eigenvalue weighted by atomic mass is 10.0. The molecule has 3 N–H and O–H groups in total. The molecule has 0 radical (unpaired) electrons. The number of anilines is 1. The van der Waals surface area contributed by atoms with Crippen LogP contribution in [0, 0.1) is 6.92 Å². The van der Waals surface area contributed by atoms with Gasteiger partial charge in [-0.2, -0.15) is 0 Å². The van der Waals surface area contributed by atoms with Gasteiger partial charge in [-0.3, -0.25) is 14.5 Å². The molecule has 3 rings (SSSR count). The van der Waals surface area contributed by atoms with Gasteiger partial charge in [0.15, 0.2) is 0 Å². The van der Waals surface area contributed by atoms with Gasteiger partial charge in [-0.25, -0.2) is 0 Å². The highest BCUT2D eigenvalue weighted by Gasteiger charge is 2.28. The van der Waals surface area contributed by atoms with E-state index in [1.165, 1.54) is 16.9 Å². The highest BCUT2D eigenvalue weighted by molar-refractivity contribution is 7.99. The summed E-state index contributed by atoms with van der Waals surface area (Å²) in [5, 5.41) is 3.54. The van der Waals surface area contributed by atoms with Crippen molar-refractivity contribution in [2.75, 3.05) is 17.6 Å². The van der Waals surface area contributed by atoms with Gasteiger partial charge in [0.1, 0.15) is 5.00 Å². The fourth-order valence-corrected chi connectivity index (χ4v) is 5.44. The van der Waals surface area contributed by atoms with E-state index in [0.29, 0.717) is 28.8 Å². The van der Waals surface area contributed by atoms with Crippen molar-refractivity contribution < 1.29 is 9.59 Å². The molecule has 2 heterocycles. The number of nitrogens with one attached hydrogen (secondary N) is 1. The maximum Gasteiger partial charge on any atom is 0.251 e. The van der Waals surface area contributed by atoms with Crippen LogP contribution in [0.1, 0.15) is 46.6 Å². The Balaban J connectivity index is 0.00000300. The molecule has 1 aliphatic heterocycles. The van der Waals surface area contributed by atoms with Gasteiger partial charge in [-0.1, -0.05) is 17.7 Å². The minimum absolute atomic E-state index is 0. The van der Waals surface area contributed by atoms with E-state index in [1.54, 1.807) is 11.8 Å². The molecule has 0 fully saturated rings. The Morgan fingerprint density at radius 3 is 2.59 bits per heavy atom. The number of hydrogen-bond donors (Lipinski definition) is 2. The number of nitrogens with two attached hydrogens (primary N) is 1. The number of primary amides is 1. The number of hydrogen-bond acceptors (Lipinski definition) is 5. The Labute approximate surface area is 186 Å². The third kappa shape index (κ3) is 5.98. The van der Waals surface area contributed by atoms with Crippen LogP contribution in [0.2, 0.25) is 0 Å². The van der Waals surface area contributed by atoms with Gasteiger partial charge in [-0.15, -0.1) is 35.5 Å². The fourth-order valence-electron chi connectivity index (χ4n) is 3.30. The first-order valence-electron chi connectivity index (χ1n) is 9.53. The molecule has 0 saturated carbocycles. The number of thioether (sulfide) groups is 1. The molecule has 1 aromatic carbocycles. The Morgan fingerprint density at radius 1 is 1.28 bits per heavy atom. The Kier molecular flexibility index (Phi) is 8.58. The van der Waals surface area contributed by atoms with Gasteiger partial charge < -0.3 is 11.1 Å². The summed E-state index contributed by atoms with van der Waals surface area (Å²) in [6.45, 7) is 8.10. The van der Waals surface area contributed by atoms with E-state index in [0.717, 1.165) is 34.8 Å². The van der Waals surface area contributed by atoms with E-state index < -0.39 is 5.91 Å². The first-order valence-corrected chi connectivity index (χ1v) is 11.3. The second-order valence-electron chi connectivity index (χ2n) is 7.35. The lowest BCUT2D eigenvalue weighted by Crippen LogP contribution is -2.35. The van der Waals surface area contributed by atoms with Crippen LogP contribution in [0.4, 0.5) is 5.00 Å². The van der Waals surface area contributed by atoms with E-state index in [4.69, 9.17) is 5.73 Å². The van der Waals surface area contributed by atoms with Crippen molar-refractivity contribution in [3.63, 3.8) is 0 Å². The fraction of sp³-hybridized carbons (Fsp3) is 0.429. The number of nitrogens with zero attached hydrogens (tertiary/aromatic N) is 1. The van der Waals surface area contributed by atoms with E-state index in [-0.39, 0.29) is 18.3 Å². The van der Waals surface area contributed by atoms with Crippen molar-refractivity contribution in [1.29, 1.82) is 0 Å². The van der Waals surface area contributed by atoms with Crippen molar-refractivity contribution >= 4 is 52.3 Å². The van der Waals surface area contributed by atoms with E-state index in [2.05, 4.69) is 55.3 Å². The summed E-state index contributed by atoms with van der Waals surface area (Å²) >= 11 is 3.14. The Hall–Kier alpha value is -1.54. The molecule has 158 valence electrons. The maximum atomic E-state index is 12.4. The second-order valence-corrected chi connectivity index (χ2v) is 9.62. The normalized spacial score (nSPS) is 13.7. The lowest BCUT2D eigenvalue weighted by Gasteiger charge is -2.30. The van der Waals surface area contributed by atoms with Crippen molar-refractivity contribution in [1.82, 2.24) is 4.90 Å². The molecule has 0 spiro atoms. The zero-order valence-electron chi connectivity index (χ0n) is 17.0. The highest BCUT2D eigenvalue weighted by Crippen LogP contribution is 2.37. The number of carbonyl (C=O) groups excluding carboxylic acids is 2. The van der Waals surface area contributed by atoms with Crippen molar-refractivity contribution in [2.45, 2.75) is 51.1 Å². The molecule has 0 bridgehead atoms. The highest BCUT2D eigenvalue weighted by atomic mass is 35.5. The first-order chi connectivity index (χ1) is 13.3. The SMILES string of the molecule is Cc1ccc(SCCC(=O)Nc2sc3c(c2C(N)=O)CCN(C(C)C)C3)cc1.Cl. The smallest absolute Gasteiger partial charge is 0.251 e. The zero-order chi connectivity index (χ0) is 20.3. The Bertz CT molecular complexity index is 866. The molecule has 0 unspecified atom stereocenters. The average molecular weight is 454 g/mol. The molecule has 0 saturated heterocycles. The van der Waals surface area contributed by atoms with Crippen LogP contribution < -0.4 is 11.1 Å². The predicted molar refractivity (Wildman–Crippen MR) is 124 cm³/mol. The topological polar surface area (TPSA) is 75.4 Å². The van der Waals surface area contributed by atoms with E-state index in [9.17, 15) is 9.59 Å². The molecule has 2 aromatic rings. The molecule has 5 nitrogen and oxygen atoms in total. The molecular formula is C21H28ClN3O2S2. The molecule has 2 amide bonds. The largest absolute Gasteiger partial charge is 0.365 e. The number of benzene rings is 1. The van der Waals surface area contributed by atoms with Crippen LogP contribution in [-0.4, -0.2) is 35.1 Å². The van der Waals surface area contributed by atoms with Gasteiger partial charge in [0, 0.05) is 41.1 Å². The maximum absolute atomic E-state index is 12.4. The van der Waals surface area contributed by atoms with E-state index >= 15 is 0 Å². The Morgan fingerprint density at radius 2 is 1.97 bits per heavy atom. The monoisotopic (exact) mass is 453 g/mol. The third-order valence-electron chi connectivity index (χ3n) is 4.93. The molecule has 0 atom stereocenters. The standard InChI is InChI=1S/C21H27N3O2S2.ClH/c1-13(2)24-10-8-16-17(12-24)28-21(19(16)20(22)26)23-18(25)9-11-27-15-6-4-14(3)5-7-15;/h4-7,13H,8-12H2,1-3H3,(H2,22,26)(H,23,25);1H. The number of rotatable bonds is 7. The van der Waals surface area contributed by atoms with Crippen LogP contribution >= 0.6 is 35.5 Å². The molecular weight excluding hydrogens is 426 g/mol. The van der Waals surface area contributed by atoms with Crippen LogP contribution in [0.15, 0.2) is 29.2 Å². The van der Waals surface area contributed by atoms with Crippen molar-refractivity contribution in [3.8, 4) is 0 Å². The molecule has 8 heteroatoms. The summed E-state index contributed by atoms with van der Waals surface area (Å²) in [4.78, 5) is 29.1. The summed E-state index contributed by atoms with van der Waals surface area (Å²) in [6.07, 6.45) is 1.18. The number of aryl methyl sites for hydroxylation is 1. The number of halogens is 1. The molecule has 1 aromatic heterocycles. The molecule has 0 aliphatic carbocycles. The molecule has 1 aliphatic rings. The minimum Gasteiger partial charge on any atom is -0.365 e. The van der Waals surface area contributed by atoms with Crippen LogP contribution in [0.3, 0.4) is 0 Å². The van der Waals surface area contributed by atoms with Crippen LogP contribution in [0.5, 0.6) is 0 Å². The average Bonchev–Trinajstić information content (AvgIpc) is 3.00. The van der Waals surface area contributed by atoms with E-state index in [1.807, 2.05) is 0 Å². The van der Waals surface area contributed by atoms with Gasteiger partial charge in [0.05, 0.1) is 5.56 Å². The van der Waals surface area contributed by atoms with Crippen molar-refractivity contribution in [3.05, 3.63) is 45.8 Å². The minimum atomic E-state index is -0.458. The van der Waals surface area contributed by atoms with Crippen molar-refractivity contribution in [2.24, 2.45) is 5.73 Å². The third-order valence-corrected chi connectivity index (χ3v) is 7.08. The number of thiophene rings is 1. The number of carbonyl (C=O) groups is 2. The molecule has 29 heavy (non-hydrogen) atoms. The number of fused-ring (bicyclic) bond motifs is 1. The van der Waals surface area contributed by atoms with Gasteiger partial charge >= 0.3 is 0 Å². The summed E-state index contributed by atoms with van der Waals surface area (Å²) in [6, 6.07) is 8.72. The summed E-state index contributed by atoms with van der Waals surface area (Å²) in [5.74, 6) is 0.147. The number of amides is 2. The predicted octanol–water partition coefficient (Wildman–Crippen LogP) is 4.46. The van der Waals surface area contributed by atoms with Crippen LogP contribution in [0.25, 0.3) is 0 Å². The van der Waals surface area contributed by atoms with Gasteiger partial charge in [0.2, 0.25) is 5.91 Å². The van der Waals surface area contributed by atoms with Crippen LogP contribution in [-0.2, 0) is 17.8 Å². The quantitative estimate of drug-likeness (QED) is 0.606.